The van der Waals surface area contributed by atoms with Crippen LogP contribution in [0.1, 0.15) is 6.42 Å². The van der Waals surface area contributed by atoms with Crippen molar-refractivity contribution in [2.45, 2.75) is 30.5 Å². The molecule has 0 fully saturated rings. The zero-order valence-corrected chi connectivity index (χ0v) is 10.6. The third-order valence-corrected chi connectivity index (χ3v) is 2.24. The number of carbonyl (C=O) groups excluding carboxylic acids is 2. The van der Waals surface area contributed by atoms with Gasteiger partial charge in [0.15, 0.2) is 0 Å². The molecule has 124 valence electrons. The molecule has 0 aromatic rings. The van der Waals surface area contributed by atoms with Crippen LogP contribution in [0.4, 0.5) is 35.5 Å². The van der Waals surface area contributed by atoms with Gasteiger partial charge < -0.3 is 14.8 Å². The van der Waals surface area contributed by atoms with E-state index in [9.17, 15) is 40.3 Å². The summed E-state index contributed by atoms with van der Waals surface area (Å²) in [7, 11) is 1.42. The molecule has 1 unspecified atom stereocenters. The maximum Gasteiger partial charge on any atom is 0.459 e. The minimum atomic E-state index is -6.54. The zero-order valence-electron chi connectivity index (χ0n) is 10.6. The van der Waals surface area contributed by atoms with Crippen LogP contribution in [0.5, 0.6) is 0 Å². The summed E-state index contributed by atoms with van der Waals surface area (Å²) in [4.78, 5) is 21.8. The van der Waals surface area contributed by atoms with Gasteiger partial charge in [-0.2, -0.15) is 30.7 Å². The highest BCUT2D eigenvalue weighted by atomic mass is 19.4. The van der Waals surface area contributed by atoms with Crippen LogP contribution in [-0.2, 0) is 14.3 Å². The highest BCUT2D eigenvalue weighted by Crippen LogP contribution is 2.48. The molecule has 0 bridgehead atoms. The summed E-state index contributed by atoms with van der Waals surface area (Å²) in [6.07, 6.45) is -10.4. The molecule has 12 heteroatoms. The van der Waals surface area contributed by atoms with Gasteiger partial charge in [0.1, 0.15) is 6.04 Å². The summed E-state index contributed by atoms with van der Waals surface area (Å²) in [5.41, 5.74) is 0. The molecule has 5 nitrogen and oxygen atoms in total. The van der Waals surface area contributed by atoms with Gasteiger partial charge in [-0.25, -0.2) is 9.59 Å². The van der Waals surface area contributed by atoms with E-state index in [4.69, 9.17) is 0 Å². The molecular weight excluding hydrogens is 319 g/mol. The van der Waals surface area contributed by atoms with Gasteiger partial charge in [-0.1, -0.05) is 0 Å². The molecular formula is C9H10F7NO4. The highest BCUT2D eigenvalue weighted by molar-refractivity contribution is 5.81. The fraction of sp³-hybridized carbons (Fsp3) is 0.778. The standard InChI is InChI=1S/C9H10F7NO4/c1-20-5(18)4(17-6(19)21-2)3-7(10,11)8(12,13)9(14,15)16/h4H,3H2,1-2H3,(H,17,19). The van der Waals surface area contributed by atoms with Crippen molar-refractivity contribution in [2.24, 2.45) is 0 Å². The number of nitrogens with one attached hydrogen (secondary N) is 1. The minimum Gasteiger partial charge on any atom is -0.467 e. The maximum atomic E-state index is 13.1. The van der Waals surface area contributed by atoms with Crippen molar-refractivity contribution in [3.8, 4) is 0 Å². The van der Waals surface area contributed by atoms with Crippen LogP contribution in [0, 0.1) is 0 Å². The van der Waals surface area contributed by atoms with Crippen molar-refractivity contribution in [2.75, 3.05) is 14.2 Å². The van der Waals surface area contributed by atoms with Crippen molar-refractivity contribution in [1.82, 2.24) is 5.32 Å². The van der Waals surface area contributed by atoms with Crippen molar-refractivity contribution >= 4 is 12.1 Å². The summed E-state index contributed by atoms with van der Waals surface area (Å²) in [6, 6.07) is -2.45. The second-order valence-electron chi connectivity index (χ2n) is 3.69. The van der Waals surface area contributed by atoms with Gasteiger partial charge in [0, 0.05) is 6.42 Å². The van der Waals surface area contributed by atoms with E-state index in [1.165, 1.54) is 5.32 Å². The van der Waals surface area contributed by atoms with Gasteiger partial charge in [-0.05, 0) is 0 Å². The van der Waals surface area contributed by atoms with E-state index in [1.54, 1.807) is 0 Å². The Labute approximate surface area is 113 Å². The Hall–Kier alpha value is -1.75. The van der Waals surface area contributed by atoms with Crippen molar-refractivity contribution in [1.29, 1.82) is 0 Å². The number of hydrogen-bond acceptors (Lipinski definition) is 4. The molecule has 0 spiro atoms. The Morgan fingerprint density at radius 3 is 1.81 bits per heavy atom. The first-order valence-electron chi connectivity index (χ1n) is 5.05. The maximum absolute atomic E-state index is 13.1. The van der Waals surface area contributed by atoms with Gasteiger partial charge in [0.05, 0.1) is 14.2 Å². The van der Waals surface area contributed by atoms with Crippen LogP contribution in [0.2, 0.25) is 0 Å². The number of esters is 1. The zero-order chi connectivity index (χ0) is 17.1. The number of amides is 1. The van der Waals surface area contributed by atoms with E-state index >= 15 is 0 Å². The number of ether oxygens (including phenoxy) is 2. The molecule has 1 atom stereocenters. The number of rotatable bonds is 5. The molecule has 1 N–H and O–H groups in total. The largest absolute Gasteiger partial charge is 0.467 e. The first-order valence-corrected chi connectivity index (χ1v) is 5.05. The lowest BCUT2D eigenvalue weighted by Gasteiger charge is -2.30. The lowest BCUT2D eigenvalue weighted by Crippen LogP contribution is -2.56. The summed E-state index contributed by atoms with van der Waals surface area (Å²) in [5.74, 6) is -13.7. The average Bonchev–Trinajstić information content (AvgIpc) is 2.34. The fourth-order valence-corrected chi connectivity index (χ4v) is 1.13. The first kappa shape index (κ1) is 19.2. The predicted molar refractivity (Wildman–Crippen MR) is 51.9 cm³/mol. The van der Waals surface area contributed by atoms with Crippen LogP contribution in [0.15, 0.2) is 0 Å². The second-order valence-corrected chi connectivity index (χ2v) is 3.69. The van der Waals surface area contributed by atoms with E-state index in [1.807, 2.05) is 0 Å². The lowest BCUT2D eigenvalue weighted by molar-refractivity contribution is -0.356. The Morgan fingerprint density at radius 2 is 1.48 bits per heavy atom. The summed E-state index contributed by atoms with van der Waals surface area (Å²) in [6.45, 7) is 0. The normalized spacial score (nSPS) is 14.3. The SMILES string of the molecule is COC(=O)NC(CC(F)(F)C(F)(F)C(F)(F)F)C(=O)OC. The summed E-state index contributed by atoms with van der Waals surface area (Å²) >= 11 is 0. The van der Waals surface area contributed by atoms with Crippen LogP contribution in [0.3, 0.4) is 0 Å². The average molecular weight is 329 g/mol. The minimum absolute atomic E-state index is 0.661. The second kappa shape index (κ2) is 6.35. The molecule has 1 amide bonds. The molecule has 0 aromatic carbocycles. The molecule has 0 saturated heterocycles. The number of hydrogen-bond donors (Lipinski definition) is 1. The number of alkyl carbamates (subject to hydrolysis) is 1. The van der Waals surface area contributed by atoms with Gasteiger partial charge in [-0.3, -0.25) is 0 Å². The fourth-order valence-electron chi connectivity index (χ4n) is 1.13. The predicted octanol–water partition coefficient (Wildman–Crippen LogP) is 2.11. The summed E-state index contributed by atoms with van der Waals surface area (Å²) < 4.78 is 95.3. The van der Waals surface area contributed by atoms with Gasteiger partial charge in [0.2, 0.25) is 0 Å². The molecule has 0 aliphatic carbocycles. The van der Waals surface area contributed by atoms with E-state index in [2.05, 4.69) is 9.47 Å². The number of carbonyl (C=O) groups is 2. The van der Waals surface area contributed by atoms with Crippen LogP contribution in [0.25, 0.3) is 0 Å². The molecule has 0 aromatic heterocycles. The van der Waals surface area contributed by atoms with Gasteiger partial charge in [0.25, 0.3) is 0 Å². The van der Waals surface area contributed by atoms with E-state index in [0.717, 1.165) is 7.11 Å². The van der Waals surface area contributed by atoms with Crippen molar-refractivity contribution in [3.05, 3.63) is 0 Å². The third kappa shape index (κ3) is 4.36. The number of alkyl halides is 7. The molecule has 0 rings (SSSR count). The highest BCUT2D eigenvalue weighted by Gasteiger charge is 2.73. The first-order chi connectivity index (χ1) is 9.30. The van der Waals surface area contributed by atoms with Crippen molar-refractivity contribution < 1.29 is 49.8 Å². The van der Waals surface area contributed by atoms with Gasteiger partial charge >= 0.3 is 30.1 Å². The van der Waals surface area contributed by atoms with Gasteiger partial charge in [-0.15, -0.1) is 0 Å². The molecule has 0 aliphatic rings. The monoisotopic (exact) mass is 329 g/mol. The number of halogens is 7. The van der Waals surface area contributed by atoms with Crippen molar-refractivity contribution in [3.63, 3.8) is 0 Å². The Bertz CT molecular complexity index is 396. The molecule has 0 aliphatic heterocycles. The van der Waals surface area contributed by atoms with Crippen LogP contribution in [-0.4, -0.2) is 50.3 Å². The smallest absolute Gasteiger partial charge is 0.459 e. The number of methoxy groups -OCH3 is 2. The quantitative estimate of drug-likeness (QED) is 0.620. The van der Waals surface area contributed by atoms with Crippen LogP contribution >= 0.6 is 0 Å². The Kier molecular flexibility index (Phi) is 5.82. The summed E-state index contributed by atoms with van der Waals surface area (Å²) in [5, 5.41) is 1.38. The molecule has 0 saturated carbocycles. The van der Waals surface area contributed by atoms with E-state index < -0.39 is 42.5 Å². The molecule has 21 heavy (non-hydrogen) atoms. The van der Waals surface area contributed by atoms with E-state index in [-0.39, 0.29) is 0 Å². The lowest BCUT2D eigenvalue weighted by atomic mass is 10.0. The third-order valence-electron chi connectivity index (χ3n) is 2.24. The van der Waals surface area contributed by atoms with E-state index in [0.29, 0.717) is 7.11 Å². The molecule has 0 heterocycles. The topological polar surface area (TPSA) is 64.6 Å². The Morgan fingerprint density at radius 1 is 1.00 bits per heavy atom. The Balaban J connectivity index is 5.31. The molecule has 0 radical (unpaired) electrons. The van der Waals surface area contributed by atoms with Crippen LogP contribution < -0.4 is 5.32 Å².